The Morgan fingerprint density at radius 3 is 2.58 bits per heavy atom. The third-order valence-electron chi connectivity index (χ3n) is 6.32. The molecule has 5 rings (SSSR count). The van der Waals surface area contributed by atoms with E-state index in [2.05, 4.69) is 17.2 Å². The summed E-state index contributed by atoms with van der Waals surface area (Å²) < 4.78 is 5.60. The second-order valence-electron chi connectivity index (χ2n) is 8.48. The molecule has 0 saturated carbocycles. The first-order valence-corrected chi connectivity index (χ1v) is 11.6. The van der Waals surface area contributed by atoms with Gasteiger partial charge in [0.2, 0.25) is 5.91 Å². The van der Waals surface area contributed by atoms with E-state index in [1.165, 1.54) is 6.08 Å². The van der Waals surface area contributed by atoms with Gasteiger partial charge in [0.05, 0.1) is 7.11 Å². The Labute approximate surface area is 209 Å². The van der Waals surface area contributed by atoms with Gasteiger partial charge in [-0.05, 0) is 41.0 Å². The monoisotopic (exact) mass is 478 g/mol. The van der Waals surface area contributed by atoms with Gasteiger partial charge in [-0.2, -0.15) is 0 Å². The minimum absolute atomic E-state index is 0.107. The number of methoxy groups -OCH3 is 1. The van der Waals surface area contributed by atoms with E-state index < -0.39 is 5.60 Å². The van der Waals surface area contributed by atoms with Gasteiger partial charge in [0.1, 0.15) is 17.1 Å². The second-order valence-corrected chi connectivity index (χ2v) is 8.48. The average Bonchev–Trinajstić information content (AvgIpc) is 3.22. The quantitative estimate of drug-likeness (QED) is 0.329. The molecule has 1 aliphatic carbocycles. The van der Waals surface area contributed by atoms with Crippen molar-refractivity contribution >= 4 is 28.7 Å². The number of para-hydroxylation sites is 1. The van der Waals surface area contributed by atoms with E-state index in [1.54, 1.807) is 7.11 Å². The zero-order valence-corrected chi connectivity index (χ0v) is 19.9. The summed E-state index contributed by atoms with van der Waals surface area (Å²) >= 11 is 0. The molecular formula is C29H26N4O3. The number of fused-ring (bicyclic) bond motifs is 2. The predicted molar refractivity (Wildman–Crippen MR) is 140 cm³/mol. The maximum absolute atomic E-state index is 12.3. The summed E-state index contributed by atoms with van der Waals surface area (Å²) in [6.07, 6.45) is 3.07. The Hall–Kier alpha value is -4.49. The molecule has 180 valence electrons. The van der Waals surface area contributed by atoms with Gasteiger partial charge in [0.25, 0.3) is 0 Å². The van der Waals surface area contributed by atoms with Gasteiger partial charge < -0.3 is 20.5 Å². The van der Waals surface area contributed by atoms with Gasteiger partial charge in [-0.3, -0.25) is 4.79 Å². The fourth-order valence-corrected chi connectivity index (χ4v) is 4.48. The van der Waals surface area contributed by atoms with E-state index in [4.69, 9.17) is 14.7 Å². The van der Waals surface area contributed by atoms with E-state index in [1.807, 2.05) is 78.9 Å². The largest absolute Gasteiger partial charge is 0.494 e. The maximum Gasteiger partial charge on any atom is 0.243 e. The molecule has 0 spiro atoms. The van der Waals surface area contributed by atoms with Crippen LogP contribution in [0.25, 0.3) is 17.0 Å². The van der Waals surface area contributed by atoms with E-state index in [9.17, 15) is 9.90 Å². The fourth-order valence-electron chi connectivity index (χ4n) is 4.48. The zero-order chi connectivity index (χ0) is 25.1. The molecule has 7 nitrogen and oxygen atoms in total. The topological polar surface area (TPSA) is 96.4 Å². The Bertz CT molecular complexity index is 1480. The van der Waals surface area contributed by atoms with Crippen molar-refractivity contribution < 1.29 is 14.6 Å². The fraction of sp³-hybridized carbons (Fsp3) is 0.138. The Balaban J connectivity index is 1.66. The van der Waals surface area contributed by atoms with Crippen LogP contribution in [0.3, 0.4) is 0 Å². The number of rotatable bonds is 8. The lowest BCUT2D eigenvalue weighted by Gasteiger charge is -2.28. The molecule has 0 saturated heterocycles. The highest BCUT2D eigenvalue weighted by atomic mass is 16.5. The maximum atomic E-state index is 12.3. The summed E-state index contributed by atoms with van der Waals surface area (Å²) in [6.45, 7) is 4.15. The van der Waals surface area contributed by atoms with Gasteiger partial charge in [0, 0.05) is 24.0 Å². The van der Waals surface area contributed by atoms with E-state index in [0.717, 1.165) is 16.5 Å². The van der Waals surface area contributed by atoms with E-state index in [-0.39, 0.29) is 18.3 Å². The molecule has 4 aromatic rings. The predicted octanol–water partition coefficient (Wildman–Crippen LogP) is 4.19. The second kappa shape index (κ2) is 9.64. The number of ether oxygens (including phenoxy) is 1. The van der Waals surface area contributed by atoms with Crippen molar-refractivity contribution in [2.75, 3.05) is 19.0 Å². The number of hydrogen-bond donors (Lipinski definition) is 3. The van der Waals surface area contributed by atoms with Crippen LogP contribution in [0.5, 0.6) is 5.75 Å². The first kappa shape index (κ1) is 23.3. The summed E-state index contributed by atoms with van der Waals surface area (Å²) in [5.74, 6) is 1.00. The molecule has 1 unspecified atom stereocenters. The van der Waals surface area contributed by atoms with Crippen LogP contribution in [0.15, 0.2) is 91.0 Å². The van der Waals surface area contributed by atoms with Crippen molar-refractivity contribution in [3.8, 4) is 5.75 Å². The third kappa shape index (κ3) is 4.10. The minimum atomic E-state index is -1.65. The molecule has 0 aliphatic heterocycles. The highest BCUT2D eigenvalue weighted by Gasteiger charge is 2.44. The molecule has 0 radical (unpaired) electrons. The van der Waals surface area contributed by atoms with E-state index in [0.29, 0.717) is 34.8 Å². The number of aromatic nitrogens is 2. The number of benzene rings is 3. The van der Waals surface area contributed by atoms with Crippen LogP contribution < -0.4 is 15.4 Å². The molecule has 1 aliphatic rings. The Morgan fingerprint density at radius 2 is 1.81 bits per heavy atom. The molecule has 36 heavy (non-hydrogen) atoms. The number of amides is 1. The van der Waals surface area contributed by atoms with Gasteiger partial charge in [-0.1, -0.05) is 67.2 Å². The number of nitrogens with zero attached hydrogens (tertiary/aromatic N) is 2. The summed E-state index contributed by atoms with van der Waals surface area (Å²) in [5, 5.41) is 19.2. The summed E-state index contributed by atoms with van der Waals surface area (Å²) in [6, 6.07) is 23.1. The van der Waals surface area contributed by atoms with Gasteiger partial charge in [-0.15, -0.1) is 0 Å². The molecule has 0 bridgehead atoms. The summed E-state index contributed by atoms with van der Waals surface area (Å²) in [4.78, 5) is 21.6. The third-order valence-corrected chi connectivity index (χ3v) is 6.32. The molecule has 1 aromatic heterocycles. The van der Waals surface area contributed by atoms with Crippen molar-refractivity contribution in [3.63, 3.8) is 0 Å². The van der Waals surface area contributed by atoms with Gasteiger partial charge >= 0.3 is 0 Å². The standard InChI is InChI=1S/C29H26N4O3/c1-3-25(34)30-18-21-16-20-12-7-8-14-23(20)29(21,35)28-32-26-22(13-9-15-24(26)36-2)27(33-28)31-17-19-10-5-4-6-11-19/h3-16,35H,1,17-18H2,2H3,(H,30,34)(H,31,32,33). The van der Waals surface area contributed by atoms with Crippen LogP contribution in [0.4, 0.5) is 5.82 Å². The van der Waals surface area contributed by atoms with Crippen LogP contribution in [-0.4, -0.2) is 34.6 Å². The number of aliphatic hydroxyl groups is 1. The molecular weight excluding hydrogens is 452 g/mol. The lowest BCUT2D eigenvalue weighted by atomic mass is 9.89. The number of anilines is 1. The summed E-state index contributed by atoms with van der Waals surface area (Å²) in [5.41, 5.74) is 2.06. The molecule has 0 fully saturated rings. The minimum Gasteiger partial charge on any atom is -0.494 e. The van der Waals surface area contributed by atoms with Crippen LogP contribution in [-0.2, 0) is 16.9 Å². The highest BCUT2D eigenvalue weighted by Crippen LogP contribution is 2.44. The van der Waals surface area contributed by atoms with Crippen molar-refractivity contribution in [3.05, 3.63) is 114 Å². The smallest absolute Gasteiger partial charge is 0.243 e. The first-order valence-electron chi connectivity index (χ1n) is 11.6. The van der Waals surface area contributed by atoms with Crippen LogP contribution >= 0.6 is 0 Å². The summed E-state index contributed by atoms with van der Waals surface area (Å²) in [7, 11) is 1.59. The number of hydrogen-bond acceptors (Lipinski definition) is 6. The normalized spacial score (nSPS) is 16.2. The van der Waals surface area contributed by atoms with Crippen molar-refractivity contribution in [2.24, 2.45) is 0 Å². The van der Waals surface area contributed by atoms with Gasteiger partial charge in [-0.25, -0.2) is 9.97 Å². The van der Waals surface area contributed by atoms with Crippen LogP contribution in [0, 0.1) is 0 Å². The van der Waals surface area contributed by atoms with E-state index >= 15 is 0 Å². The average molecular weight is 479 g/mol. The number of nitrogens with one attached hydrogen (secondary N) is 2. The van der Waals surface area contributed by atoms with Crippen LogP contribution in [0.1, 0.15) is 22.5 Å². The number of carbonyl (C=O) groups is 1. The lowest BCUT2D eigenvalue weighted by molar-refractivity contribution is -0.116. The Kier molecular flexibility index (Phi) is 6.23. The molecule has 1 heterocycles. The molecule has 3 N–H and O–H groups in total. The molecule has 1 atom stereocenters. The highest BCUT2D eigenvalue weighted by molar-refractivity contribution is 5.93. The van der Waals surface area contributed by atoms with Crippen molar-refractivity contribution in [2.45, 2.75) is 12.1 Å². The molecule has 7 heteroatoms. The van der Waals surface area contributed by atoms with Crippen LogP contribution in [0.2, 0.25) is 0 Å². The lowest BCUT2D eigenvalue weighted by Crippen LogP contribution is -2.36. The van der Waals surface area contributed by atoms with Gasteiger partial charge in [0.15, 0.2) is 11.4 Å². The Morgan fingerprint density at radius 1 is 1.03 bits per heavy atom. The number of carbonyl (C=O) groups excluding carboxylic acids is 1. The van der Waals surface area contributed by atoms with Crippen molar-refractivity contribution in [1.29, 1.82) is 0 Å². The molecule has 3 aromatic carbocycles. The van der Waals surface area contributed by atoms with Crippen molar-refractivity contribution in [1.82, 2.24) is 15.3 Å². The SMILES string of the molecule is C=CC(=O)NCC1=Cc2ccccc2C1(O)c1nc(NCc2ccccc2)c2cccc(OC)c2n1. The first-order chi connectivity index (χ1) is 17.5. The molecule has 1 amide bonds. The zero-order valence-electron chi connectivity index (χ0n) is 19.9.